The van der Waals surface area contributed by atoms with Crippen LogP contribution in [-0.4, -0.2) is 45.7 Å². The number of fused-ring (bicyclic) bond motifs is 1. The first kappa shape index (κ1) is 24.4. The normalized spacial score (nSPS) is 11.2. The molecule has 0 amide bonds. The van der Waals surface area contributed by atoms with E-state index in [2.05, 4.69) is 53.1 Å². The Morgan fingerprint density at radius 3 is 2.32 bits per heavy atom. The Bertz CT molecular complexity index is 1590. The van der Waals surface area contributed by atoms with Crippen molar-refractivity contribution in [1.82, 2.24) is 24.6 Å². The summed E-state index contributed by atoms with van der Waals surface area (Å²) >= 11 is 0. The van der Waals surface area contributed by atoms with Crippen molar-refractivity contribution in [1.29, 1.82) is 0 Å². The van der Waals surface area contributed by atoms with Crippen molar-refractivity contribution in [3.05, 3.63) is 89.4 Å². The van der Waals surface area contributed by atoms with Gasteiger partial charge < -0.3 is 9.80 Å². The highest BCUT2D eigenvalue weighted by molar-refractivity contribution is 5.83. The van der Waals surface area contributed by atoms with Gasteiger partial charge in [-0.15, -0.1) is 0 Å². The summed E-state index contributed by atoms with van der Waals surface area (Å²) in [5, 5.41) is 4.89. The van der Waals surface area contributed by atoms with Crippen LogP contribution in [0.3, 0.4) is 0 Å². The second kappa shape index (κ2) is 9.61. The maximum Gasteiger partial charge on any atom is 0.213 e. The molecule has 37 heavy (non-hydrogen) atoms. The van der Waals surface area contributed by atoms with Gasteiger partial charge >= 0.3 is 0 Å². The Labute approximate surface area is 216 Å². The molecule has 0 N–H and O–H groups in total. The molecule has 0 spiro atoms. The van der Waals surface area contributed by atoms with Crippen molar-refractivity contribution in [2.45, 2.75) is 27.3 Å². The number of benzene rings is 1. The van der Waals surface area contributed by atoms with Gasteiger partial charge in [-0.2, -0.15) is 14.0 Å². The van der Waals surface area contributed by atoms with Gasteiger partial charge in [0.25, 0.3) is 0 Å². The molecule has 0 bridgehead atoms. The maximum atomic E-state index is 13.5. The Hall–Kier alpha value is -4.33. The zero-order valence-corrected chi connectivity index (χ0v) is 22.0. The summed E-state index contributed by atoms with van der Waals surface area (Å²) in [5.74, 6) is 1.39. The number of hydrogen-bond donors (Lipinski definition) is 0. The fraction of sp³-hybridized carbons (Fsp3) is 0.241. The van der Waals surface area contributed by atoms with E-state index in [0.717, 1.165) is 62.1 Å². The van der Waals surface area contributed by atoms with Crippen LogP contribution in [0.5, 0.6) is 0 Å². The molecule has 5 aromatic rings. The first-order chi connectivity index (χ1) is 17.7. The summed E-state index contributed by atoms with van der Waals surface area (Å²) in [4.78, 5) is 17.3. The van der Waals surface area contributed by atoms with Gasteiger partial charge in [0.1, 0.15) is 11.6 Å². The lowest BCUT2D eigenvalue weighted by Crippen LogP contribution is -2.20. The number of aromatic nitrogens is 5. The Balaban J connectivity index is 1.48. The minimum absolute atomic E-state index is 0.480. The number of hydrogen-bond acceptors (Lipinski definition) is 6. The lowest BCUT2D eigenvalue weighted by atomic mass is 10.0. The summed E-state index contributed by atoms with van der Waals surface area (Å²) in [6.07, 6.45) is 3.40. The second-order valence-electron chi connectivity index (χ2n) is 9.62. The third kappa shape index (κ3) is 4.74. The number of rotatable bonds is 6. The molecule has 188 valence electrons. The number of nitrogens with zero attached hydrogens (tertiary/aromatic N) is 7. The fourth-order valence-electron chi connectivity index (χ4n) is 4.60. The number of anilines is 2. The van der Waals surface area contributed by atoms with Gasteiger partial charge in [0.15, 0.2) is 5.65 Å². The van der Waals surface area contributed by atoms with Gasteiger partial charge in [-0.1, -0.05) is 24.3 Å². The predicted octanol–water partition coefficient (Wildman–Crippen LogP) is 5.62. The molecule has 0 atom stereocenters. The second-order valence-corrected chi connectivity index (χ2v) is 9.62. The van der Waals surface area contributed by atoms with Crippen LogP contribution in [0.15, 0.2) is 60.9 Å². The van der Waals surface area contributed by atoms with Crippen LogP contribution < -0.4 is 9.80 Å². The molecule has 0 unspecified atom stereocenters. The minimum Gasteiger partial charge on any atom is -0.363 e. The summed E-state index contributed by atoms with van der Waals surface area (Å²) < 4.78 is 15.4. The standard InChI is InChI=1S/C29H30FN7/c1-18-13-26(35(4)5)32-16-24(18)28-20(3)34-37-27(14-19(2)33-29(28)37)36(6)17-21-7-9-22(10-8-21)23-11-12-31-25(30)15-23/h7-16H,17H2,1-6H3. The Morgan fingerprint density at radius 1 is 0.892 bits per heavy atom. The number of halogens is 1. The Kier molecular flexibility index (Phi) is 6.33. The molecule has 4 aromatic heterocycles. The molecular weight excluding hydrogens is 465 g/mol. The zero-order chi connectivity index (χ0) is 26.3. The van der Waals surface area contributed by atoms with E-state index in [9.17, 15) is 4.39 Å². The SMILES string of the molecule is Cc1cc(N(C)Cc2ccc(-c3ccnc(F)c3)cc2)n2nc(C)c(-c3cnc(N(C)C)cc3C)c2n1. The topological polar surface area (TPSA) is 62.5 Å². The fourth-order valence-corrected chi connectivity index (χ4v) is 4.60. The largest absolute Gasteiger partial charge is 0.363 e. The smallest absolute Gasteiger partial charge is 0.213 e. The summed E-state index contributed by atoms with van der Waals surface area (Å²) in [5.41, 5.74) is 8.70. The van der Waals surface area contributed by atoms with Crippen LogP contribution in [0, 0.1) is 26.7 Å². The molecule has 1 aromatic carbocycles. The van der Waals surface area contributed by atoms with Crippen molar-refractivity contribution in [3.8, 4) is 22.3 Å². The van der Waals surface area contributed by atoms with Crippen molar-refractivity contribution < 1.29 is 4.39 Å². The number of pyridine rings is 2. The van der Waals surface area contributed by atoms with Gasteiger partial charge in [-0.05, 0) is 55.2 Å². The third-order valence-electron chi connectivity index (χ3n) is 6.52. The molecule has 0 saturated heterocycles. The van der Waals surface area contributed by atoms with Crippen LogP contribution in [0.1, 0.15) is 22.5 Å². The molecule has 7 nitrogen and oxygen atoms in total. The van der Waals surface area contributed by atoms with Crippen LogP contribution in [-0.2, 0) is 6.54 Å². The summed E-state index contributed by atoms with van der Waals surface area (Å²) in [6.45, 7) is 6.80. The molecule has 5 rings (SSSR count). The van der Waals surface area contributed by atoms with Gasteiger partial charge in [0, 0.05) is 63.5 Å². The number of aryl methyl sites for hydroxylation is 3. The van der Waals surface area contributed by atoms with Crippen LogP contribution in [0.4, 0.5) is 16.0 Å². The van der Waals surface area contributed by atoms with E-state index in [1.165, 1.54) is 12.3 Å². The zero-order valence-electron chi connectivity index (χ0n) is 22.0. The lowest BCUT2D eigenvalue weighted by Gasteiger charge is -2.21. The van der Waals surface area contributed by atoms with Gasteiger partial charge in [-0.25, -0.2) is 15.0 Å². The van der Waals surface area contributed by atoms with Crippen LogP contribution in [0.2, 0.25) is 0 Å². The molecule has 8 heteroatoms. The van der Waals surface area contributed by atoms with Crippen LogP contribution in [0.25, 0.3) is 27.9 Å². The molecule has 0 radical (unpaired) electrons. The molecule has 0 saturated carbocycles. The van der Waals surface area contributed by atoms with E-state index in [1.54, 1.807) is 0 Å². The maximum absolute atomic E-state index is 13.5. The lowest BCUT2D eigenvalue weighted by molar-refractivity contribution is 0.584. The first-order valence-corrected chi connectivity index (χ1v) is 12.1. The van der Waals surface area contributed by atoms with Gasteiger partial charge in [0.2, 0.25) is 5.95 Å². The van der Waals surface area contributed by atoms with Crippen LogP contribution >= 0.6 is 0 Å². The summed E-state index contributed by atoms with van der Waals surface area (Å²) in [7, 11) is 6.03. The van der Waals surface area contributed by atoms with Gasteiger partial charge in [0.05, 0.1) is 11.3 Å². The van der Waals surface area contributed by atoms with E-state index < -0.39 is 5.95 Å². The van der Waals surface area contributed by atoms with Crippen molar-refractivity contribution in [2.24, 2.45) is 0 Å². The van der Waals surface area contributed by atoms with Gasteiger partial charge in [-0.3, -0.25) is 0 Å². The molecular formula is C29H30FN7. The first-order valence-electron chi connectivity index (χ1n) is 12.1. The molecule has 0 aliphatic carbocycles. The van der Waals surface area contributed by atoms with E-state index >= 15 is 0 Å². The van der Waals surface area contributed by atoms with E-state index in [-0.39, 0.29) is 0 Å². The van der Waals surface area contributed by atoms with Crippen molar-refractivity contribution in [3.63, 3.8) is 0 Å². The molecule has 0 fully saturated rings. The van der Waals surface area contributed by atoms with E-state index in [1.807, 2.05) is 61.8 Å². The van der Waals surface area contributed by atoms with E-state index in [0.29, 0.717) is 6.54 Å². The third-order valence-corrected chi connectivity index (χ3v) is 6.52. The predicted molar refractivity (Wildman–Crippen MR) is 146 cm³/mol. The van der Waals surface area contributed by atoms with Crippen molar-refractivity contribution in [2.75, 3.05) is 30.9 Å². The Morgan fingerprint density at radius 2 is 1.65 bits per heavy atom. The monoisotopic (exact) mass is 495 g/mol. The minimum atomic E-state index is -0.480. The quantitative estimate of drug-likeness (QED) is 0.285. The summed E-state index contributed by atoms with van der Waals surface area (Å²) in [6, 6.07) is 15.5. The molecule has 4 heterocycles. The van der Waals surface area contributed by atoms with E-state index in [4.69, 9.17) is 10.1 Å². The average Bonchev–Trinajstić information content (AvgIpc) is 3.19. The highest BCUT2D eigenvalue weighted by atomic mass is 19.1. The highest BCUT2D eigenvalue weighted by Crippen LogP contribution is 2.33. The van der Waals surface area contributed by atoms with Crippen molar-refractivity contribution >= 4 is 17.3 Å². The molecule has 0 aliphatic rings. The molecule has 0 aliphatic heterocycles. The highest BCUT2D eigenvalue weighted by Gasteiger charge is 2.20. The average molecular weight is 496 g/mol.